The molecule has 0 aliphatic carbocycles. The second-order valence-corrected chi connectivity index (χ2v) is 8.97. The van der Waals surface area contributed by atoms with Crippen molar-refractivity contribution in [2.45, 2.75) is 19.0 Å². The zero-order valence-corrected chi connectivity index (χ0v) is 16.2. The molecule has 1 fully saturated rings. The van der Waals surface area contributed by atoms with Crippen LogP contribution in [0.4, 0.5) is 4.39 Å². The number of amides is 1. The Bertz CT molecular complexity index is 939. The van der Waals surface area contributed by atoms with E-state index >= 15 is 0 Å². The van der Waals surface area contributed by atoms with Crippen LogP contribution in [0.3, 0.4) is 0 Å². The molecule has 0 spiro atoms. The smallest absolute Gasteiger partial charge is 0.254 e. The van der Waals surface area contributed by atoms with Crippen molar-refractivity contribution in [3.63, 3.8) is 0 Å². The zero-order valence-electron chi connectivity index (χ0n) is 15.4. The fraction of sp³-hybridized carbons (Fsp3) is 0.286. The van der Waals surface area contributed by atoms with Gasteiger partial charge in [-0.3, -0.25) is 4.79 Å². The fourth-order valence-electron chi connectivity index (χ4n) is 3.19. The molecule has 3 rings (SSSR count). The summed E-state index contributed by atoms with van der Waals surface area (Å²) in [5.74, 6) is 0.00601. The summed E-state index contributed by atoms with van der Waals surface area (Å²) in [6.45, 7) is 4.17. The summed E-state index contributed by atoms with van der Waals surface area (Å²) >= 11 is 0. The van der Waals surface area contributed by atoms with Gasteiger partial charge in [-0.25, -0.2) is 12.8 Å². The van der Waals surface area contributed by atoms with Crippen LogP contribution in [0.15, 0.2) is 61.2 Å². The van der Waals surface area contributed by atoms with Crippen LogP contribution in [0, 0.1) is 5.82 Å². The Hall–Kier alpha value is -2.67. The maximum absolute atomic E-state index is 13.2. The molecule has 2 aromatic rings. The number of hydrogen-bond donors (Lipinski definition) is 0. The lowest BCUT2D eigenvalue weighted by atomic mass is 10.1. The maximum Gasteiger partial charge on any atom is 0.254 e. The normalized spacial score (nSPS) is 17.8. The van der Waals surface area contributed by atoms with Crippen molar-refractivity contribution in [2.24, 2.45) is 0 Å². The van der Waals surface area contributed by atoms with E-state index in [1.165, 1.54) is 12.1 Å². The minimum Gasteiger partial charge on any atom is -0.490 e. The highest BCUT2D eigenvalue weighted by molar-refractivity contribution is 7.91. The largest absolute Gasteiger partial charge is 0.490 e. The summed E-state index contributed by atoms with van der Waals surface area (Å²) in [5.41, 5.74) is 1.18. The van der Waals surface area contributed by atoms with Crippen molar-refractivity contribution in [2.75, 3.05) is 18.1 Å². The zero-order chi connectivity index (χ0) is 20.1. The first-order valence-electron chi connectivity index (χ1n) is 8.97. The van der Waals surface area contributed by atoms with Crippen LogP contribution >= 0.6 is 0 Å². The molecule has 1 heterocycles. The molecule has 1 unspecified atom stereocenters. The summed E-state index contributed by atoms with van der Waals surface area (Å²) in [6, 6.07) is 12.2. The Balaban J connectivity index is 1.83. The second kappa shape index (κ2) is 8.56. The molecule has 0 radical (unpaired) electrons. The molecule has 28 heavy (non-hydrogen) atoms. The maximum atomic E-state index is 13.2. The number of hydrogen-bond acceptors (Lipinski definition) is 4. The predicted molar refractivity (Wildman–Crippen MR) is 105 cm³/mol. The van der Waals surface area contributed by atoms with E-state index < -0.39 is 15.9 Å². The molecule has 1 aliphatic rings. The first kappa shape index (κ1) is 20.1. The van der Waals surface area contributed by atoms with Crippen LogP contribution in [-0.4, -0.2) is 43.4 Å². The highest BCUT2D eigenvalue weighted by Gasteiger charge is 2.35. The molecule has 1 saturated heterocycles. The third-order valence-electron chi connectivity index (χ3n) is 4.65. The lowest BCUT2D eigenvalue weighted by molar-refractivity contribution is 0.0681. The van der Waals surface area contributed by atoms with Gasteiger partial charge in [-0.1, -0.05) is 24.8 Å². The molecule has 0 aromatic heterocycles. The fourth-order valence-corrected chi connectivity index (χ4v) is 4.92. The first-order chi connectivity index (χ1) is 13.4. The van der Waals surface area contributed by atoms with Crippen molar-refractivity contribution in [1.29, 1.82) is 0 Å². The van der Waals surface area contributed by atoms with Crippen LogP contribution < -0.4 is 4.74 Å². The number of sulfone groups is 1. The summed E-state index contributed by atoms with van der Waals surface area (Å²) in [6.07, 6.45) is 2.03. The van der Waals surface area contributed by atoms with Crippen molar-refractivity contribution in [3.05, 3.63) is 78.1 Å². The highest BCUT2D eigenvalue weighted by atomic mass is 32.2. The van der Waals surface area contributed by atoms with Gasteiger partial charge in [0.25, 0.3) is 5.91 Å². The minimum absolute atomic E-state index is 0.0551. The average molecular weight is 403 g/mol. The SMILES string of the molecule is C=CCOc1ccc(C(=O)N(Cc2ccc(F)cc2)C2CCS(=O)(=O)C2)cc1. The van der Waals surface area contributed by atoms with Crippen molar-refractivity contribution < 1.29 is 22.3 Å². The molecule has 2 aromatic carbocycles. The van der Waals surface area contributed by atoms with Gasteiger partial charge in [0, 0.05) is 18.2 Å². The average Bonchev–Trinajstić information content (AvgIpc) is 3.05. The minimum atomic E-state index is -3.16. The lowest BCUT2D eigenvalue weighted by Gasteiger charge is -2.28. The van der Waals surface area contributed by atoms with Crippen molar-refractivity contribution >= 4 is 15.7 Å². The second-order valence-electron chi connectivity index (χ2n) is 6.74. The third-order valence-corrected chi connectivity index (χ3v) is 6.40. The Morgan fingerprint density at radius 3 is 2.43 bits per heavy atom. The number of halogens is 1. The molecule has 1 aliphatic heterocycles. The first-order valence-corrected chi connectivity index (χ1v) is 10.8. The third kappa shape index (κ3) is 4.98. The van der Waals surface area contributed by atoms with Gasteiger partial charge in [0.1, 0.15) is 18.2 Å². The molecule has 1 atom stereocenters. The number of carbonyl (C=O) groups is 1. The molecular weight excluding hydrogens is 381 g/mol. The molecule has 5 nitrogen and oxygen atoms in total. The molecule has 0 bridgehead atoms. The van der Waals surface area contributed by atoms with Crippen LogP contribution in [0.2, 0.25) is 0 Å². The van der Waals surface area contributed by atoms with Gasteiger partial charge in [0.2, 0.25) is 0 Å². The van der Waals surface area contributed by atoms with Crippen LogP contribution in [0.1, 0.15) is 22.3 Å². The van der Waals surface area contributed by atoms with Gasteiger partial charge < -0.3 is 9.64 Å². The van der Waals surface area contributed by atoms with E-state index in [4.69, 9.17) is 4.74 Å². The van der Waals surface area contributed by atoms with E-state index in [2.05, 4.69) is 6.58 Å². The predicted octanol–water partition coefficient (Wildman–Crippen LogP) is 3.22. The topological polar surface area (TPSA) is 63.7 Å². The summed E-state index contributed by atoms with van der Waals surface area (Å²) in [5, 5.41) is 0. The van der Waals surface area contributed by atoms with Gasteiger partial charge in [0.15, 0.2) is 9.84 Å². The van der Waals surface area contributed by atoms with Gasteiger partial charge in [-0.2, -0.15) is 0 Å². The molecule has 1 amide bonds. The van der Waals surface area contributed by atoms with Crippen LogP contribution in [0.5, 0.6) is 5.75 Å². The van der Waals surface area contributed by atoms with Crippen molar-refractivity contribution in [1.82, 2.24) is 4.90 Å². The quantitative estimate of drug-likeness (QED) is 0.666. The van der Waals surface area contributed by atoms with E-state index in [-0.39, 0.29) is 29.8 Å². The Labute approximate surface area is 164 Å². The number of rotatable bonds is 7. The number of ether oxygens (including phenoxy) is 1. The van der Waals surface area contributed by atoms with E-state index in [9.17, 15) is 17.6 Å². The lowest BCUT2D eigenvalue weighted by Crippen LogP contribution is -2.40. The van der Waals surface area contributed by atoms with Gasteiger partial charge in [0.05, 0.1) is 11.5 Å². The number of benzene rings is 2. The number of carbonyl (C=O) groups excluding carboxylic acids is 1. The Morgan fingerprint density at radius 2 is 1.86 bits per heavy atom. The Kier molecular flexibility index (Phi) is 6.14. The van der Waals surface area contributed by atoms with E-state index in [1.807, 2.05) is 0 Å². The standard InChI is InChI=1S/C21H22FNO4S/c1-2-12-27-20-9-5-17(6-10-20)21(24)23(19-11-13-28(25,26)15-19)14-16-3-7-18(22)8-4-16/h2-10,19H,1,11-15H2. The highest BCUT2D eigenvalue weighted by Crippen LogP contribution is 2.23. The molecule has 0 saturated carbocycles. The van der Waals surface area contributed by atoms with E-state index in [0.717, 1.165) is 5.56 Å². The Morgan fingerprint density at radius 1 is 1.18 bits per heavy atom. The molecule has 0 N–H and O–H groups in total. The van der Waals surface area contributed by atoms with E-state index in [1.54, 1.807) is 47.4 Å². The molecule has 7 heteroatoms. The summed E-state index contributed by atoms with van der Waals surface area (Å²) in [4.78, 5) is 14.7. The van der Waals surface area contributed by atoms with Gasteiger partial charge in [-0.15, -0.1) is 0 Å². The summed E-state index contributed by atoms with van der Waals surface area (Å²) in [7, 11) is -3.16. The summed E-state index contributed by atoms with van der Waals surface area (Å²) < 4.78 is 42.5. The van der Waals surface area contributed by atoms with Crippen molar-refractivity contribution in [3.8, 4) is 5.75 Å². The van der Waals surface area contributed by atoms with Crippen LogP contribution in [-0.2, 0) is 16.4 Å². The molecular formula is C21H22FNO4S. The van der Waals surface area contributed by atoms with Crippen LogP contribution in [0.25, 0.3) is 0 Å². The van der Waals surface area contributed by atoms with Gasteiger partial charge in [-0.05, 0) is 48.4 Å². The van der Waals surface area contributed by atoms with E-state index in [0.29, 0.717) is 24.3 Å². The number of nitrogens with zero attached hydrogens (tertiary/aromatic N) is 1. The molecule has 148 valence electrons. The monoisotopic (exact) mass is 403 g/mol. The van der Waals surface area contributed by atoms with Gasteiger partial charge >= 0.3 is 0 Å².